The van der Waals surface area contributed by atoms with Gasteiger partial charge in [-0.2, -0.15) is 0 Å². The van der Waals surface area contributed by atoms with Gasteiger partial charge in [-0.1, -0.05) is 6.07 Å². The van der Waals surface area contributed by atoms with Crippen LogP contribution in [0.4, 0.5) is 5.69 Å². The minimum absolute atomic E-state index is 0.350. The van der Waals surface area contributed by atoms with Crippen molar-refractivity contribution in [3.8, 4) is 5.75 Å². The van der Waals surface area contributed by atoms with Gasteiger partial charge in [-0.3, -0.25) is 4.79 Å². The molecule has 0 saturated carbocycles. The standard InChI is InChI=1S/C22H21NO6/c1-13-6-14(2)8-16(7-13)23-20(24)11-28-22(26)12-27-17-4-5-18-15(3)9-21(25)29-19(18)10-17/h4-10H,11-12H2,1-3H3,(H,23,24). The fourth-order valence-electron chi connectivity index (χ4n) is 2.97. The molecule has 0 radical (unpaired) electrons. The number of ether oxygens (including phenoxy) is 2. The maximum atomic E-state index is 12.0. The second-order valence-electron chi connectivity index (χ2n) is 6.78. The molecule has 0 aliphatic rings. The van der Waals surface area contributed by atoms with Gasteiger partial charge in [-0.05, 0) is 61.7 Å². The number of hydrogen-bond acceptors (Lipinski definition) is 6. The number of rotatable bonds is 6. The molecule has 150 valence electrons. The predicted molar refractivity (Wildman–Crippen MR) is 108 cm³/mol. The Kier molecular flexibility index (Phi) is 5.97. The van der Waals surface area contributed by atoms with Crippen LogP contribution in [0.15, 0.2) is 51.7 Å². The van der Waals surface area contributed by atoms with Crippen molar-refractivity contribution in [2.45, 2.75) is 20.8 Å². The van der Waals surface area contributed by atoms with E-state index in [0.29, 0.717) is 17.0 Å². The molecular weight excluding hydrogens is 374 g/mol. The molecule has 1 N–H and O–H groups in total. The zero-order chi connectivity index (χ0) is 21.0. The van der Waals surface area contributed by atoms with Gasteiger partial charge in [0.2, 0.25) is 0 Å². The molecule has 29 heavy (non-hydrogen) atoms. The van der Waals surface area contributed by atoms with Crippen molar-refractivity contribution >= 4 is 28.5 Å². The van der Waals surface area contributed by atoms with Crippen molar-refractivity contribution in [1.82, 2.24) is 0 Å². The fourth-order valence-corrected chi connectivity index (χ4v) is 2.97. The molecule has 0 aliphatic carbocycles. The molecule has 0 spiro atoms. The van der Waals surface area contributed by atoms with E-state index in [1.807, 2.05) is 32.0 Å². The molecule has 7 heteroatoms. The quantitative estimate of drug-likeness (QED) is 0.508. The van der Waals surface area contributed by atoms with Crippen LogP contribution >= 0.6 is 0 Å². The molecule has 0 atom stereocenters. The predicted octanol–water partition coefficient (Wildman–Crippen LogP) is 3.28. The summed E-state index contributed by atoms with van der Waals surface area (Å²) in [5, 5.41) is 3.46. The number of carbonyl (C=O) groups excluding carboxylic acids is 2. The largest absolute Gasteiger partial charge is 0.482 e. The number of fused-ring (bicyclic) bond motifs is 1. The molecule has 0 aliphatic heterocycles. The summed E-state index contributed by atoms with van der Waals surface area (Å²) in [5.74, 6) is -0.777. The maximum absolute atomic E-state index is 12.0. The van der Waals surface area contributed by atoms with Crippen LogP contribution in [0.3, 0.4) is 0 Å². The topological polar surface area (TPSA) is 94.8 Å². The van der Waals surface area contributed by atoms with Crippen LogP contribution in [0.1, 0.15) is 16.7 Å². The zero-order valence-corrected chi connectivity index (χ0v) is 16.4. The van der Waals surface area contributed by atoms with Crippen LogP contribution in [0.5, 0.6) is 5.75 Å². The molecule has 7 nitrogen and oxygen atoms in total. The highest BCUT2D eigenvalue weighted by molar-refractivity contribution is 5.93. The fraction of sp³-hybridized carbons (Fsp3) is 0.227. The van der Waals surface area contributed by atoms with Crippen LogP contribution in [-0.2, 0) is 14.3 Å². The van der Waals surface area contributed by atoms with Gasteiger partial charge in [0.15, 0.2) is 13.2 Å². The first-order valence-corrected chi connectivity index (χ1v) is 9.01. The van der Waals surface area contributed by atoms with Gasteiger partial charge >= 0.3 is 11.6 Å². The number of esters is 1. The molecule has 3 aromatic rings. The summed E-state index contributed by atoms with van der Waals surface area (Å²) >= 11 is 0. The third-order valence-corrected chi connectivity index (χ3v) is 4.15. The van der Waals surface area contributed by atoms with Gasteiger partial charge in [-0.25, -0.2) is 9.59 Å². The second-order valence-corrected chi connectivity index (χ2v) is 6.78. The Morgan fingerprint density at radius 2 is 1.69 bits per heavy atom. The molecule has 3 rings (SSSR count). The summed E-state index contributed by atoms with van der Waals surface area (Å²) < 4.78 is 15.4. The van der Waals surface area contributed by atoms with Crippen LogP contribution in [0.25, 0.3) is 11.0 Å². The maximum Gasteiger partial charge on any atom is 0.344 e. The number of amides is 1. The Morgan fingerprint density at radius 3 is 2.41 bits per heavy atom. The van der Waals surface area contributed by atoms with Crippen LogP contribution in [0.2, 0.25) is 0 Å². The number of aryl methyl sites for hydroxylation is 3. The molecule has 0 unspecified atom stereocenters. The number of benzene rings is 2. The summed E-state index contributed by atoms with van der Waals surface area (Å²) in [7, 11) is 0. The van der Waals surface area contributed by atoms with E-state index < -0.39 is 24.1 Å². The minimum Gasteiger partial charge on any atom is -0.482 e. The van der Waals surface area contributed by atoms with Crippen LogP contribution in [0, 0.1) is 20.8 Å². The molecule has 1 aromatic heterocycles. The van der Waals surface area contributed by atoms with Crippen molar-refractivity contribution in [3.05, 3.63) is 69.6 Å². The normalized spacial score (nSPS) is 10.6. The van der Waals surface area contributed by atoms with E-state index >= 15 is 0 Å². The molecule has 0 saturated heterocycles. The number of hydrogen-bond donors (Lipinski definition) is 1. The van der Waals surface area contributed by atoms with Crippen molar-refractivity contribution in [2.75, 3.05) is 18.5 Å². The highest BCUT2D eigenvalue weighted by atomic mass is 16.6. The lowest BCUT2D eigenvalue weighted by atomic mass is 10.1. The number of nitrogens with one attached hydrogen (secondary N) is 1. The first kappa shape index (κ1) is 20.1. The monoisotopic (exact) mass is 395 g/mol. The minimum atomic E-state index is -0.689. The summed E-state index contributed by atoms with van der Waals surface area (Å²) in [5.41, 5.74) is 3.39. The van der Waals surface area contributed by atoms with Gasteiger partial charge < -0.3 is 19.2 Å². The lowest BCUT2D eigenvalue weighted by Crippen LogP contribution is -2.23. The van der Waals surface area contributed by atoms with Gasteiger partial charge in [0, 0.05) is 23.2 Å². The van der Waals surface area contributed by atoms with Gasteiger partial charge in [0.25, 0.3) is 5.91 Å². The lowest BCUT2D eigenvalue weighted by Gasteiger charge is -2.09. The summed E-state index contributed by atoms with van der Waals surface area (Å²) in [6, 6.07) is 12.0. The SMILES string of the molecule is Cc1cc(C)cc(NC(=O)COC(=O)COc2ccc3c(C)cc(=O)oc3c2)c1. The van der Waals surface area contributed by atoms with E-state index in [0.717, 1.165) is 22.1 Å². The summed E-state index contributed by atoms with van der Waals surface area (Å²) in [6.45, 7) is 4.87. The van der Waals surface area contributed by atoms with E-state index in [1.54, 1.807) is 19.1 Å². The van der Waals surface area contributed by atoms with Crippen LogP contribution < -0.4 is 15.7 Å². The molecule has 0 bridgehead atoms. The van der Waals surface area contributed by atoms with Crippen LogP contribution in [-0.4, -0.2) is 25.1 Å². The summed E-state index contributed by atoms with van der Waals surface area (Å²) in [6.07, 6.45) is 0. The Labute approximate surface area is 167 Å². The van der Waals surface area contributed by atoms with Gasteiger partial charge in [0.05, 0.1) is 0 Å². The first-order valence-electron chi connectivity index (χ1n) is 9.01. The third-order valence-electron chi connectivity index (χ3n) is 4.15. The van der Waals surface area contributed by atoms with Crippen molar-refractivity contribution in [1.29, 1.82) is 0 Å². The third kappa shape index (κ3) is 5.44. The van der Waals surface area contributed by atoms with Crippen molar-refractivity contribution < 1.29 is 23.5 Å². The second kappa shape index (κ2) is 8.60. The van der Waals surface area contributed by atoms with Gasteiger partial charge in [0.1, 0.15) is 11.3 Å². The Balaban J connectivity index is 1.51. The van der Waals surface area contributed by atoms with E-state index in [-0.39, 0.29) is 6.61 Å². The zero-order valence-electron chi connectivity index (χ0n) is 16.4. The van der Waals surface area contributed by atoms with E-state index in [1.165, 1.54) is 12.1 Å². The number of carbonyl (C=O) groups is 2. The highest BCUT2D eigenvalue weighted by Gasteiger charge is 2.10. The lowest BCUT2D eigenvalue weighted by molar-refractivity contribution is -0.149. The van der Waals surface area contributed by atoms with Crippen molar-refractivity contribution in [2.24, 2.45) is 0 Å². The highest BCUT2D eigenvalue weighted by Crippen LogP contribution is 2.22. The molecular formula is C22H21NO6. The summed E-state index contributed by atoms with van der Waals surface area (Å²) in [4.78, 5) is 35.3. The van der Waals surface area contributed by atoms with Crippen molar-refractivity contribution in [3.63, 3.8) is 0 Å². The van der Waals surface area contributed by atoms with Gasteiger partial charge in [-0.15, -0.1) is 0 Å². The Bertz CT molecular complexity index is 1110. The number of anilines is 1. The molecule has 1 amide bonds. The molecule has 0 fully saturated rings. The van der Waals surface area contributed by atoms with E-state index in [4.69, 9.17) is 13.9 Å². The first-order chi connectivity index (χ1) is 13.8. The average molecular weight is 395 g/mol. The molecule has 1 heterocycles. The smallest absolute Gasteiger partial charge is 0.344 e. The average Bonchev–Trinajstić information content (AvgIpc) is 2.63. The van der Waals surface area contributed by atoms with E-state index in [2.05, 4.69) is 5.32 Å². The Morgan fingerprint density at radius 1 is 0.966 bits per heavy atom. The van der Waals surface area contributed by atoms with E-state index in [9.17, 15) is 14.4 Å². The Hall–Kier alpha value is -3.61. The molecule has 2 aromatic carbocycles.